The normalized spacial score (nSPS) is 15.2. The van der Waals surface area contributed by atoms with Crippen LogP contribution in [0.5, 0.6) is 0 Å². The van der Waals surface area contributed by atoms with Crippen molar-refractivity contribution in [1.82, 2.24) is 5.32 Å². The number of amides is 2. The zero-order chi connectivity index (χ0) is 26.3. The van der Waals surface area contributed by atoms with Gasteiger partial charge in [-0.2, -0.15) is 8.42 Å². The highest BCUT2D eigenvalue weighted by molar-refractivity contribution is 7.87. The van der Waals surface area contributed by atoms with Crippen LogP contribution in [0.4, 0.5) is 16.2 Å². The average Bonchev–Trinajstić information content (AvgIpc) is 3.44. The van der Waals surface area contributed by atoms with E-state index in [0.717, 1.165) is 42.5 Å². The fourth-order valence-electron chi connectivity index (χ4n) is 4.09. The first-order valence-electron chi connectivity index (χ1n) is 12.4. The number of nitrogens with one attached hydrogen (secondary N) is 3. The number of hydrogen-bond donors (Lipinski definition) is 3. The Balaban J connectivity index is 1.33. The third-order valence-electron chi connectivity index (χ3n) is 6.19. The minimum absolute atomic E-state index is 0.0871. The number of aryl methyl sites for hydroxylation is 1. The highest BCUT2D eigenvalue weighted by Crippen LogP contribution is 2.24. The van der Waals surface area contributed by atoms with Gasteiger partial charge in [-0.3, -0.25) is 0 Å². The molecule has 1 saturated heterocycles. The number of carbonyl (C=O) groups is 2. The molecule has 0 aromatic heterocycles. The predicted molar refractivity (Wildman–Crippen MR) is 144 cm³/mol. The van der Waals surface area contributed by atoms with Gasteiger partial charge in [0.25, 0.3) is 0 Å². The van der Waals surface area contributed by atoms with Crippen LogP contribution < -0.4 is 16.0 Å². The maximum atomic E-state index is 12.5. The fraction of sp³-hybridized carbons (Fsp3) is 0.286. The van der Waals surface area contributed by atoms with E-state index in [0.29, 0.717) is 18.7 Å². The third-order valence-corrected chi connectivity index (χ3v) is 7.42. The zero-order valence-electron chi connectivity index (χ0n) is 20.7. The highest BCUT2D eigenvalue weighted by Gasteiger charge is 2.29. The summed E-state index contributed by atoms with van der Waals surface area (Å²) in [5, 5.41) is 8.56. The molecule has 4 rings (SSSR count). The van der Waals surface area contributed by atoms with Gasteiger partial charge in [0.05, 0.1) is 0 Å². The van der Waals surface area contributed by atoms with Crippen molar-refractivity contribution in [1.29, 1.82) is 0 Å². The summed E-state index contributed by atoms with van der Waals surface area (Å²) in [6.07, 6.45) is 4.68. The van der Waals surface area contributed by atoms with Gasteiger partial charge in [-0.1, -0.05) is 49.7 Å². The molecular formula is C28H31N3O5S. The summed E-state index contributed by atoms with van der Waals surface area (Å²) >= 11 is 0. The van der Waals surface area contributed by atoms with Crippen LogP contribution >= 0.6 is 0 Å². The van der Waals surface area contributed by atoms with E-state index in [4.69, 9.17) is 4.18 Å². The van der Waals surface area contributed by atoms with Gasteiger partial charge in [0.2, 0.25) is 0 Å². The van der Waals surface area contributed by atoms with E-state index < -0.39 is 22.1 Å². The van der Waals surface area contributed by atoms with Crippen LogP contribution in [0.3, 0.4) is 0 Å². The number of benzene rings is 3. The molecule has 2 amide bonds. The van der Waals surface area contributed by atoms with Gasteiger partial charge in [-0.15, -0.1) is 0 Å². The van der Waals surface area contributed by atoms with Crippen molar-refractivity contribution in [2.45, 2.75) is 50.0 Å². The number of anilines is 2. The minimum Gasteiger partial charge on any atom is -0.341 e. The Bertz CT molecular complexity index is 1320. The summed E-state index contributed by atoms with van der Waals surface area (Å²) in [5.74, 6) is -0.780. The molecule has 0 radical (unpaired) electrons. The van der Waals surface area contributed by atoms with Crippen molar-refractivity contribution >= 4 is 33.5 Å². The lowest BCUT2D eigenvalue weighted by Crippen LogP contribution is -2.33. The van der Waals surface area contributed by atoms with E-state index in [1.165, 1.54) is 17.7 Å². The lowest BCUT2D eigenvalue weighted by molar-refractivity contribution is -0.135. The van der Waals surface area contributed by atoms with Crippen LogP contribution in [0.2, 0.25) is 0 Å². The van der Waals surface area contributed by atoms with Gasteiger partial charge in [0, 0.05) is 11.4 Å². The topological polar surface area (TPSA) is 114 Å². The molecule has 9 heteroatoms. The van der Waals surface area contributed by atoms with E-state index in [1.807, 2.05) is 36.4 Å². The Morgan fingerprint density at radius 3 is 2.00 bits per heavy atom. The highest BCUT2D eigenvalue weighted by atomic mass is 32.2. The molecule has 1 atom stereocenters. The molecule has 0 saturated carbocycles. The number of hydrogen-bond acceptors (Lipinski definition) is 6. The van der Waals surface area contributed by atoms with Crippen LogP contribution in [0.25, 0.3) is 11.1 Å². The quantitative estimate of drug-likeness (QED) is 0.328. The Labute approximate surface area is 217 Å². The summed E-state index contributed by atoms with van der Waals surface area (Å²) in [6, 6.07) is 20.2. The molecule has 1 heterocycles. The van der Waals surface area contributed by atoms with Crippen molar-refractivity contribution in [3.8, 4) is 11.1 Å². The van der Waals surface area contributed by atoms with E-state index in [9.17, 15) is 18.0 Å². The van der Waals surface area contributed by atoms with Crippen molar-refractivity contribution in [3.05, 3.63) is 78.4 Å². The fourth-order valence-corrected chi connectivity index (χ4v) is 4.99. The molecule has 37 heavy (non-hydrogen) atoms. The first-order valence-corrected chi connectivity index (χ1v) is 13.8. The van der Waals surface area contributed by atoms with E-state index in [2.05, 4.69) is 22.9 Å². The average molecular weight is 522 g/mol. The molecular weight excluding hydrogens is 490 g/mol. The summed E-state index contributed by atoms with van der Waals surface area (Å²) in [4.78, 5) is 24.4. The van der Waals surface area contributed by atoms with Gasteiger partial charge >= 0.3 is 22.1 Å². The van der Waals surface area contributed by atoms with E-state index >= 15 is 0 Å². The van der Waals surface area contributed by atoms with Gasteiger partial charge < -0.3 is 20.1 Å². The number of rotatable bonds is 9. The molecule has 0 spiro atoms. The number of carbonyl (C=O) groups excluding carboxylic acids is 2. The Morgan fingerprint density at radius 2 is 1.46 bits per heavy atom. The molecule has 3 N–H and O–H groups in total. The molecule has 1 aliphatic heterocycles. The van der Waals surface area contributed by atoms with E-state index in [-0.39, 0.29) is 10.9 Å². The standard InChI is InChI=1S/C28H31N3O5S/c1-2-3-5-20-7-13-23(14-8-20)30-28(33)31-24-15-9-21(10-16-24)22-11-17-25(18-12-22)37(34,35)36-27(32)26-6-4-19-29-26/h7-18,26,29H,2-6,19H2,1H3,(H2,30,31,33)/t26-/m0/s1. The van der Waals surface area contributed by atoms with Crippen molar-refractivity contribution in [2.75, 3.05) is 17.2 Å². The monoisotopic (exact) mass is 521 g/mol. The molecule has 3 aromatic rings. The lowest BCUT2D eigenvalue weighted by atomic mass is 10.1. The Kier molecular flexibility index (Phi) is 8.58. The molecule has 0 bridgehead atoms. The first kappa shape index (κ1) is 26.4. The van der Waals surface area contributed by atoms with Crippen LogP contribution in [-0.2, 0) is 25.5 Å². The molecule has 194 valence electrons. The summed E-state index contributed by atoms with van der Waals surface area (Å²) < 4.78 is 29.7. The van der Waals surface area contributed by atoms with Crippen LogP contribution in [0, 0.1) is 0 Å². The lowest BCUT2D eigenvalue weighted by Gasteiger charge is -2.11. The molecule has 0 unspecified atom stereocenters. The van der Waals surface area contributed by atoms with E-state index in [1.54, 1.807) is 24.3 Å². The van der Waals surface area contributed by atoms with Crippen LogP contribution in [0.1, 0.15) is 38.2 Å². The van der Waals surface area contributed by atoms with Gasteiger partial charge in [-0.05, 0) is 85.3 Å². The summed E-state index contributed by atoms with van der Waals surface area (Å²) in [6.45, 7) is 2.83. The zero-order valence-corrected chi connectivity index (χ0v) is 21.5. The second-order valence-electron chi connectivity index (χ2n) is 8.99. The maximum absolute atomic E-state index is 12.5. The molecule has 1 aliphatic rings. The van der Waals surface area contributed by atoms with Crippen molar-refractivity contribution < 1.29 is 22.2 Å². The van der Waals surface area contributed by atoms with Gasteiger partial charge in [0.15, 0.2) is 0 Å². The van der Waals surface area contributed by atoms with Crippen LogP contribution in [-0.4, -0.2) is 33.0 Å². The molecule has 3 aromatic carbocycles. The number of unbranched alkanes of at least 4 members (excludes halogenated alkanes) is 1. The third kappa shape index (κ3) is 7.18. The van der Waals surface area contributed by atoms with Crippen molar-refractivity contribution in [2.24, 2.45) is 0 Å². The van der Waals surface area contributed by atoms with Crippen molar-refractivity contribution in [3.63, 3.8) is 0 Å². The van der Waals surface area contributed by atoms with Gasteiger partial charge in [-0.25, -0.2) is 9.59 Å². The van der Waals surface area contributed by atoms with Crippen LogP contribution in [0.15, 0.2) is 77.7 Å². The number of urea groups is 1. The summed E-state index contributed by atoms with van der Waals surface area (Å²) in [5.41, 5.74) is 4.20. The minimum atomic E-state index is -4.19. The maximum Gasteiger partial charge on any atom is 0.341 e. The predicted octanol–water partition coefficient (Wildman–Crippen LogP) is 5.32. The first-order chi connectivity index (χ1) is 17.8. The van der Waals surface area contributed by atoms with Gasteiger partial charge in [0.1, 0.15) is 10.9 Å². The Hall–Kier alpha value is -3.69. The SMILES string of the molecule is CCCCc1ccc(NC(=O)Nc2ccc(-c3ccc(S(=O)(=O)OC(=O)[C@@H]4CCCN4)cc3)cc2)cc1. The Morgan fingerprint density at radius 1 is 0.892 bits per heavy atom. The largest absolute Gasteiger partial charge is 0.341 e. The molecule has 1 fully saturated rings. The smallest absolute Gasteiger partial charge is 0.341 e. The molecule has 8 nitrogen and oxygen atoms in total. The second-order valence-corrected chi connectivity index (χ2v) is 10.5. The summed E-state index contributed by atoms with van der Waals surface area (Å²) in [7, 11) is -4.19. The molecule has 0 aliphatic carbocycles. The second kappa shape index (κ2) is 12.0.